The zero-order valence-corrected chi connectivity index (χ0v) is 7.64. The van der Waals surface area contributed by atoms with Crippen molar-refractivity contribution < 1.29 is 9.72 Å². The number of allylic oxidation sites excluding steroid dienone is 2. The molecule has 5 nitrogen and oxygen atoms in total. The Morgan fingerprint density at radius 3 is 2.71 bits per heavy atom. The summed E-state index contributed by atoms with van der Waals surface area (Å²) in [6.07, 6.45) is 7.02. The van der Waals surface area contributed by atoms with Crippen LogP contribution < -0.4 is 5.73 Å². The first kappa shape index (κ1) is 10.2. The minimum absolute atomic E-state index is 0.256. The van der Waals surface area contributed by atoms with Gasteiger partial charge in [-0.25, -0.2) is 0 Å². The molecule has 0 aromatic carbocycles. The highest BCUT2D eigenvalue weighted by atomic mass is 16.6. The summed E-state index contributed by atoms with van der Waals surface area (Å²) >= 11 is 0. The number of amides is 1. The van der Waals surface area contributed by atoms with Crippen LogP contribution >= 0.6 is 0 Å². The van der Waals surface area contributed by atoms with Gasteiger partial charge in [0.15, 0.2) is 0 Å². The molecule has 0 aliphatic heterocycles. The van der Waals surface area contributed by atoms with Gasteiger partial charge < -0.3 is 5.73 Å². The van der Waals surface area contributed by atoms with Crippen LogP contribution in [-0.2, 0) is 4.79 Å². The molecule has 0 saturated carbocycles. The Kier molecular flexibility index (Phi) is 2.51. The summed E-state index contributed by atoms with van der Waals surface area (Å²) in [6.45, 7) is 1.44. The molecule has 0 heterocycles. The number of rotatable bonds is 2. The monoisotopic (exact) mass is 194 g/mol. The predicted octanol–water partition coefficient (Wildman–Crippen LogP) is 0.559. The van der Waals surface area contributed by atoms with Crippen LogP contribution in [0.2, 0.25) is 0 Å². The van der Waals surface area contributed by atoms with Gasteiger partial charge in [-0.3, -0.25) is 14.9 Å². The number of primary amides is 1. The maximum Gasteiger partial charge on any atom is 0.256 e. The summed E-state index contributed by atoms with van der Waals surface area (Å²) in [5.74, 6) is -0.599. The molecule has 1 atom stereocenters. The van der Waals surface area contributed by atoms with E-state index in [9.17, 15) is 14.9 Å². The second kappa shape index (κ2) is 3.45. The molecule has 2 N–H and O–H groups in total. The highest BCUT2D eigenvalue weighted by Crippen LogP contribution is 2.17. The minimum Gasteiger partial charge on any atom is -0.366 e. The smallest absolute Gasteiger partial charge is 0.256 e. The van der Waals surface area contributed by atoms with E-state index in [-0.39, 0.29) is 5.57 Å². The molecular weight excluding hydrogens is 184 g/mol. The van der Waals surface area contributed by atoms with Crippen LogP contribution in [0.25, 0.3) is 0 Å². The van der Waals surface area contributed by atoms with Crippen molar-refractivity contribution in [1.82, 2.24) is 0 Å². The maximum absolute atomic E-state index is 10.8. The molecule has 0 spiro atoms. The van der Waals surface area contributed by atoms with Crippen LogP contribution in [-0.4, -0.2) is 16.4 Å². The Morgan fingerprint density at radius 2 is 2.21 bits per heavy atom. The van der Waals surface area contributed by atoms with E-state index in [1.54, 1.807) is 0 Å². The van der Waals surface area contributed by atoms with E-state index in [2.05, 4.69) is 0 Å². The average Bonchev–Trinajstić information content (AvgIpc) is 2.28. The van der Waals surface area contributed by atoms with E-state index >= 15 is 0 Å². The van der Waals surface area contributed by atoms with Crippen molar-refractivity contribution in [2.45, 2.75) is 12.5 Å². The van der Waals surface area contributed by atoms with E-state index < -0.39 is 16.4 Å². The van der Waals surface area contributed by atoms with Crippen LogP contribution in [0.5, 0.6) is 0 Å². The van der Waals surface area contributed by atoms with Crippen molar-refractivity contribution in [2.24, 2.45) is 5.73 Å². The normalized spacial score (nSPS) is 25.4. The van der Waals surface area contributed by atoms with Gasteiger partial charge in [0.1, 0.15) is 0 Å². The van der Waals surface area contributed by atoms with E-state index in [0.29, 0.717) is 0 Å². The molecule has 1 aliphatic rings. The maximum atomic E-state index is 10.8. The Labute approximate surface area is 80.7 Å². The summed E-state index contributed by atoms with van der Waals surface area (Å²) in [7, 11) is 0. The lowest BCUT2D eigenvalue weighted by molar-refractivity contribution is -0.535. The molecular formula is C9H10N2O3. The molecule has 74 valence electrons. The van der Waals surface area contributed by atoms with Crippen molar-refractivity contribution in [3.05, 3.63) is 46.1 Å². The lowest BCUT2D eigenvalue weighted by Gasteiger charge is -2.10. The second-order valence-corrected chi connectivity index (χ2v) is 3.16. The average molecular weight is 194 g/mol. The Morgan fingerprint density at radius 1 is 1.57 bits per heavy atom. The van der Waals surface area contributed by atoms with Gasteiger partial charge in [-0.2, -0.15) is 0 Å². The Hall–Kier alpha value is -1.91. The molecule has 0 aromatic rings. The van der Waals surface area contributed by atoms with Gasteiger partial charge in [-0.05, 0) is 24.3 Å². The zero-order chi connectivity index (χ0) is 10.8. The number of hydrogen-bond acceptors (Lipinski definition) is 3. The molecule has 1 amide bonds. The fourth-order valence-corrected chi connectivity index (χ4v) is 1.00. The molecule has 0 fully saturated rings. The molecule has 0 saturated heterocycles. The van der Waals surface area contributed by atoms with Crippen molar-refractivity contribution in [1.29, 1.82) is 0 Å². The van der Waals surface area contributed by atoms with Crippen molar-refractivity contribution in [3.8, 4) is 0 Å². The van der Waals surface area contributed by atoms with Gasteiger partial charge in [0, 0.05) is 17.4 Å². The van der Waals surface area contributed by atoms with Crippen LogP contribution in [0.4, 0.5) is 0 Å². The topological polar surface area (TPSA) is 86.2 Å². The van der Waals surface area contributed by atoms with Crippen molar-refractivity contribution in [2.75, 3.05) is 0 Å². The lowest BCUT2D eigenvalue weighted by atomic mass is 10.0. The summed E-state index contributed by atoms with van der Waals surface area (Å²) < 4.78 is 0. The fourth-order valence-electron chi connectivity index (χ4n) is 1.00. The molecule has 0 bridgehead atoms. The van der Waals surface area contributed by atoms with Crippen LogP contribution in [0.1, 0.15) is 6.92 Å². The summed E-state index contributed by atoms with van der Waals surface area (Å²) in [5.41, 5.74) is 4.03. The first-order chi connectivity index (χ1) is 6.46. The van der Waals surface area contributed by atoms with Crippen LogP contribution in [0.3, 0.4) is 0 Å². The molecule has 1 rings (SSSR count). The van der Waals surface area contributed by atoms with Gasteiger partial charge >= 0.3 is 0 Å². The molecule has 0 aromatic heterocycles. The number of nitrogens with two attached hydrogens (primary N) is 1. The van der Waals surface area contributed by atoms with E-state index in [1.165, 1.54) is 37.3 Å². The largest absolute Gasteiger partial charge is 0.366 e. The van der Waals surface area contributed by atoms with Gasteiger partial charge in [-0.1, -0.05) is 6.08 Å². The molecule has 14 heavy (non-hydrogen) atoms. The highest BCUT2D eigenvalue weighted by molar-refractivity contribution is 5.95. The van der Waals surface area contributed by atoms with Crippen LogP contribution in [0.15, 0.2) is 36.0 Å². The zero-order valence-electron chi connectivity index (χ0n) is 7.64. The molecule has 0 radical (unpaired) electrons. The standard InChI is InChI=1S/C9H10N2O3/c1-9(11(13)14)5-2-3-7(4-6-9)8(10)12/h2-6H,1H3,(H2,10,12). The van der Waals surface area contributed by atoms with Gasteiger partial charge in [-0.15, -0.1) is 0 Å². The number of carbonyl (C=O) groups is 1. The summed E-state index contributed by atoms with van der Waals surface area (Å²) in [5, 5.41) is 10.7. The van der Waals surface area contributed by atoms with Crippen molar-refractivity contribution in [3.63, 3.8) is 0 Å². The third-order valence-corrected chi connectivity index (χ3v) is 1.99. The fraction of sp³-hybridized carbons (Fsp3) is 0.222. The van der Waals surface area contributed by atoms with Gasteiger partial charge in [0.25, 0.3) is 5.54 Å². The SMILES string of the molecule is CC1([N+](=O)[O-])C=CC=C(C(N)=O)C=C1. The van der Waals surface area contributed by atoms with Gasteiger partial charge in [0.05, 0.1) is 0 Å². The number of nitro groups is 1. The first-order valence-electron chi connectivity index (χ1n) is 3.99. The Balaban J connectivity index is 3.03. The van der Waals surface area contributed by atoms with E-state index in [4.69, 9.17) is 5.73 Å². The molecule has 1 aliphatic carbocycles. The second-order valence-electron chi connectivity index (χ2n) is 3.16. The predicted molar refractivity (Wildman–Crippen MR) is 51.0 cm³/mol. The third-order valence-electron chi connectivity index (χ3n) is 1.99. The lowest BCUT2D eigenvalue weighted by Crippen LogP contribution is -2.29. The van der Waals surface area contributed by atoms with E-state index in [0.717, 1.165) is 0 Å². The summed E-state index contributed by atoms with van der Waals surface area (Å²) in [4.78, 5) is 21.0. The van der Waals surface area contributed by atoms with E-state index in [1.807, 2.05) is 0 Å². The molecule has 1 unspecified atom stereocenters. The summed E-state index contributed by atoms with van der Waals surface area (Å²) in [6, 6.07) is 0. The number of hydrogen-bond donors (Lipinski definition) is 1. The number of nitrogens with zero attached hydrogens (tertiary/aromatic N) is 1. The highest BCUT2D eigenvalue weighted by Gasteiger charge is 2.31. The van der Waals surface area contributed by atoms with Gasteiger partial charge in [0.2, 0.25) is 5.91 Å². The third kappa shape index (κ3) is 1.87. The first-order valence-corrected chi connectivity index (χ1v) is 3.99. The Bertz CT molecular complexity index is 368. The van der Waals surface area contributed by atoms with Crippen LogP contribution in [0, 0.1) is 10.1 Å². The quantitative estimate of drug-likeness (QED) is 0.514. The van der Waals surface area contributed by atoms with Crippen molar-refractivity contribution >= 4 is 5.91 Å². The number of carbonyl (C=O) groups excluding carboxylic acids is 1. The molecule has 5 heteroatoms. The minimum atomic E-state index is -1.27.